The van der Waals surface area contributed by atoms with Gasteiger partial charge in [-0.1, -0.05) is 11.6 Å². The second-order valence-corrected chi connectivity index (χ2v) is 4.49. The van der Waals surface area contributed by atoms with Crippen LogP contribution in [0.15, 0.2) is 47.8 Å². The molecule has 20 heavy (non-hydrogen) atoms. The van der Waals surface area contributed by atoms with Gasteiger partial charge in [0.1, 0.15) is 10.8 Å². The number of halogens is 1. The Bertz CT molecular complexity index is 806. The van der Waals surface area contributed by atoms with Crippen molar-refractivity contribution in [2.24, 2.45) is 0 Å². The maximum atomic E-state index is 11.5. The number of anilines is 1. The van der Waals surface area contributed by atoms with Gasteiger partial charge in [0.15, 0.2) is 5.82 Å². The third-order valence-electron chi connectivity index (χ3n) is 2.82. The molecule has 7 heteroatoms. The highest BCUT2D eigenvalue weighted by atomic mass is 35.5. The highest BCUT2D eigenvalue weighted by Gasteiger charge is 2.13. The van der Waals surface area contributed by atoms with Crippen LogP contribution in [-0.4, -0.2) is 19.5 Å². The summed E-state index contributed by atoms with van der Waals surface area (Å²) < 4.78 is 1.66. The summed E-state index contributed by atoms with van der Waals surface area (Å²) in [7, 11) is 0. The van der Waals surface area contributed by atoms with Gasteiger partial charge < -0.3 is 10.7 Å². The van der Waals surface area contributed by atoms with Gasteiger partial charge in [0.05, 0.1) is 6.33 Å². The fourth-order valence-electron chi connectivity index (χ4n) is 1.86. The molecule has 1 aromatic carbocycles. The molecule has 0 fully saturated rings. The van der Waals surface area contributed by atoms with Crippen molar-refractivity contribution in [3.05, 3.63) is 58.4 Å². The van der Waals surface area contributed by atoms with E-state index in [9.17, 15) is 4.79 Å². The zero-order valence-electron chi connectivity index (χ0n) is 10.2. The molecule has 3 aromatic rings. The average molecular weight is 288 g/mol. The van der Waals surface area contributed by atoms with E-state index in [4.69, 9.17) is 17.3 Å². The molecule has 0 spiro atoms. The number of rotatable bonds is 2. The topological polar surface area (TPSA) is 89.6 Å². The molecule has 0 unspecified atom stereocenters. The van der Waals surface area contributed by atoms with Gasteiger partial charge in [0.2, 0.25) is 0 Å². The quantitative estimate of drug-likeness (QED) is 0.704. The zero-order valence-corrected chi connectivity index (χ0v) is 11.0. The van der Waals surface area contributed by atoms with Crippen LogP contribution in [0.3, 0.4) is 0 Å². The smallest absolute Gasteiger partial charge is 0.271 e. The van der Waals surface area contributed by atoms with Crippen molar-refractivity contribution in [2.45, 2.75) is 0 Å². The molecule has 100 valence electrons. The van der Waals surface area contributed by atoms with Gasteiger partial charge in [0, 0.05) is 23.6 Å². The molecule has 6 nitrogen and oxygen atoms in total. The first-order valence-electron chi connectivity index (χ1n) is 5.79. The van der Waals surface area contributed by atoms with E-state index < -0.39 is 5.56 Å². The number of H-pyrrole nitrogens is 1. The van der Waals surface area contributed by atoms with Crippen LogP contribution < -0.4 is 11.3 Å². The van der Waals surface area contributed by atoms with Crippen molar-refractivity contribution < 1.29 is 0 Å². The van der Waals surface area contributed by atoms with Gasteiger partial charge >= 0.3 is 0 Å². The van der Waals surface area contributed by atoms with Gasteiger partial charge in [0.25, 0.3) is 5.56 Å². The second kappa shape index (κ2) is 4.82. The lowest BCUT2D eigenvalue weighted by atomic mass is 10.2. The van der Waals surface area contributed by atoms with Crippen molar-refractivity contribution >= 4 is 17.3 Å². The Morgan fingerprint density at radius 3 is 2.70 bits per heavy atom. The minimum absolute atomic E-state index is 0.0159. The predicted octanol–water partition coefficient (Wildman–Crippen LogP) is 1.86. The molecule has 0 saturated carbocycles. The summed E-state index contributed by atoms with van der Waals surface area (Å²) in [6.07, 6.45) is 4.61. The van der Waals surface area contributed by atoms with Crippen LogP contribution in [0, 0.1) is 0 Å². The SMILES string of the molecule is Nc1ccc(-c2nccn2-c2nc[nH]c(=O)c2Cl)cc1. The highest BCUT2D eigenvalue weighted by Crippen LogP contribution is 2.23. The standard InChI is InChI=1S/C13H10ClN5O/c14-10-12(17-7-18-13(10)20)19-6-5-16-11(19)8-1-3-9(15)4-2-8/h1-7H,15H2,(H,17,18,20). The zero-order chi connectivity index (χ0) is 14.1. The van der Waals surface area contributed by atoms with Crippen LogP contribution in [0.1, 0.15) is 0 Å². The van der Waals surface area contributed by atoms with Crippen LogP contribution in [-0.2, 0) is 0 Å². The van der Waals surface area contributed by atoms with Crippen molar-refractivity contribution in [1.29, 1.82) is 0 Å². The number of nitrogen functional groups attached to an aromatic ring is 1. The van der Waals surface area contributed by atoms with E-state index in [-0.39, 0.29) is 5.02 Å². The molecule has 0 atom stereocenters. The molecule has 2 heterocycles. The lowest BCUT2D eigenvalue weighted by molar-refractivity contribution is 0.966. The Balaban J connectivity index is 2.18. The second-order valence-electron chi connectivity index (χ2n) is 4.11. The summed E-state index contributed by atoms with van der Waals surface area (Å²) in [4.78, 5) is 22.3. The highest BCUT2D eigenvalue weighted by molar-refractivity contribution is 6.31. The maximum absolute atomic E-state index is 11.5. The molecule has 0 saturated heterocycles. The number of benzene rings is 1. The number of hydrogen-bond donors (Lipinski definition) is 2. The third kappa shape index (κ3) is 2.06. The number of nitrogens with one attached hydrogen (secondary N) is 1. The molecule has 0 amide bonds. The van der Waals surface area contributed by atoms with E-state index in [1.54, 1.807) is 29.1 Å². The summed E-state index contributed by atoms with van der Waals surface area (Å²) in [5.74, 6) is 0.963. The average Bonchev–Trinajstić information content (AvgIpc) is 2.92. The predicted molar refractivity (Wildman–Crippen MR) is 76.8 cm³/mol. The molecular formula is C13H10ClN5O. The summed E-state index contributed by atoms with van der Waals surface area (Å²) >= 11 is 5.99. The monoisotopic (exact) mass is 287 g/mol. The molecule has 0 aliphatic heterocycles. The first kappa shape index (κ1) is 12.4. The van der Waals surface area contributed by atoms with Crippen LogP contribution in [0.5, 0.6) is 0 Å². The molecule has 0 aliphatic rings. The summed E-state index contributed by atoms with van der Waals surface area (Å²) in [6.45, 7) is 0. The van der Waals surface area contributed by atoms with Crippen LogP contribution in [0.25, 0.3) is 17.2 Å². The van der Waals surface area contributed by atoms with Crippen molar-refractivity contribution in [2.75, 3.05) is 5.73 Å². The summed E-state index contributed by atoms with van der Waals surface area (Å²) in [6, 6.07) is 7.24. The van der Waals surface area contributed by atoms with Gasteiger partial charge in [-0.2, -0.15) is 0 Å². The Morgan fingerprint density at radius 2 is 1.95 bits per heavy atom. The fourth-order valence-corrected chi connectivity index (χ4v) is 2.06. The van der Waals surface area contributed by atoms with Gasteiger partial charge in [-0.15, -0.1) is 0 Å². The minimum atomic E-state index is -0.395. The number of aromatic amines is 1. The number of aromatic nitrogens is 4. The van der Waals surface area contributed by atoms with Gasteiger partial charge in [-0.05, 0) is 24.3 Å². The number of nitrogens with two attached hydrogens (primary N) is 1. The molecule has 3 rings (SSSR count). The van der Waals surface area contributed by atoms with Gasteiger partial charge in [-0.3, -0.25) is 9.36 Å². The Morgan fingerprint density at radius 1 is 1.20 bits per heavy atom. The normalized spacial score (nSPS) is 10.7. The molecular weight excluding hydrogens is 278 g/mol. The Hall–Kier alpha value is -2.60. The molecule has 2 aromatic heterocycles. The largest absolute Gasteiger partial charge is 0.399 e. The van der Waals surface area contributed by atoms with Crippen molar-refractivity contribution in [3.8, 4) is 17.2 Å². The van der Waals surface area contributed by atoms with Crippen LogP contribution in [0.4, 0.5) is 5.69 Å². The van der Waals surface area contributed by atoms with E-state index >= 15 is 0 Å². The Labute approximate surface area is 118 Å². The molecule has 0 aliphatic carbocycles. The lowest BCUT2D eigenvalue weighted by Crippen LogP contribution is -2.12. The minimum Gasteiger partial charge on any atom is -0.399 e. The number of nitrogens with zero attached hydrogens (tertiary/aromatic N) is 3. The lowest BCUT2D eigenvalue weighted by Gasteiger charge is -2.08. The third-order valence-corrected chi connectivity index (χ3v) is 3.16. The van der Waals surface area contributed by atoms with E-state index in [0.29, 0.717) is 17.3 Å². The number of hydrogen-bond acceptors (Lipinski definition) is 4. The van der Waals surface area contributed by atoms with E-state index in [0.717, 1.165) is 5.56 Å². The van der Waals surface area contributed by atoms with E-state index in [2.05, 4.69) is 15.0 Å². The van der Waals surface area contributed by atoms with Crippen molar-refractivity contribution in [1.82, 2.24) is 19.5 Å². The summed E-state index contributed by atoms with van der Waals surface area (Å²) in [5.41, 5.74) is 6.79. The van der Waals surface area contributed by atoms with E-state index in [1.165, 1.54) is 6.33 Å². The molecule has 0 bridgehead atoms. The maximum Gasteiger partial charge on any atom is 0.271 e. The van der Waals surface area contributed by atoms with Crippen molar-refractivity contribution in [3.63, 3.8) is 0 Å². The van der Waals surface area contributed by atoms with Crippen LogP contribution in [0.2, 0.25) is 5.02 Å². The van der Waals surface area contributed by atoms with E-state index in [1.807, 2.05) is 12.1 Å². The molecule has 0 radical (unpaired) electrons. The Kier molecular flexibility index (Phi) is 3.00. The first-order valence-corrected chi connectivity index (χ1v) is 6.17. The van der Waals surface area contributed by atoms with Crippen LogP contribution >= 0.6 is 11.6 Å². The summed E-state index contributed by atoms with van der Waals surface area (Å²) in [5, 5.41) is 0.0159. The molecule has 3 N–H and O–H groups in total. The first-order chi connectivity index (χ1) is 9.66. The number of imidazole rings is 1. The van der Waals surface area contributed by atoms with Gasteiger partial charge in [-0.25, -0.2) is 9.97 Å². The fraction of sp³-hybridized carbons (Fsp3) is 0.